The second-order valence-corrected chi connectivity index (χ2v) is 6.97. The Morgan fingerprint density at radius 3 is 2.48 bits per heavy atom. The van der Waals surface area contributed by atoms with Crippen molar-refractivity contribution in [2.45, 2.75) is 13.5 Å². The molecule has 4 rings (SSSR count). The average molecular weight is 413 g/mol. The maximum absolute atomic E-state index is 13.1. The number of anilines is 1. The van der Waals surface area contributed by atoms with Gasteiger partial charge in [-0.15, -0.1) is 0 Å². The van der Waals surface area contributed by atoms with Gasteiger partial charge in [-0.2, -0.15) is 9.78 Å². The van der Waals surface area contributed by atoms with E-state index in [-0.39, 0.29) is 11.2 Å². The Kier molecular flexibility index (Phi) is 5.53. The van der Waals surface area contributed by atoms with Crippen molar-refractivity contribution in [2.75, 3.05) is 5.32 Å². The molecule has 31 heavy (non-hydrogen) atoms. The summed E-state index contributed by atoms with van der Waals surface area (Å²) in [5.74, 6) is 0.447. The lowest BCUT2D eigenvalue weighted by Gasteiger charge is -2.11. The minimum absolute atomic E-state index is 0.00956. The zero-order valence-electron chi connectivity index (χ0n) is 16.7. The second-order valence-electron chi connectivity index (χ2n) is 6.97. The van der Waals surface area contributed by atoms with Crippen molar-refractivity contribution in [1.29, 1.82) is 0 Å². The maximum atomic E-state index is 13.1. The summed E-state index contributed by atoms with van der Waals surface area (Å²) in [6, 6.07) is 20.9. The van der Waals surface area contributed by atoms with Gasteiger partial charge in [0.2, 0.25) is 0 Å². The number of nitrogens with one attached hydrogen (secondary N) is 1. The lowest BCUT2D eigenvalue weighted by molar-refractivity contribution is -0.384. The number of benzene rings is 3. The van der Waals surface area contributed by atoms with Crippen LogP contribution in [0, 0.1) is 17.0 Å². The molecule has 1 heterocycles. The highest BCUT2D eigenvalue weighted by molar-refractivity contribution is 5.80. The van der Waals surface area contributed by atoms with Gasteiger partial charge in [0, 0.05) is 17.8 Å². The van der Waals surface area contributed by atoms with Crippen LogP contribution in [0.1, 0.15) is 17.0 Å². The molecule has 1 aromatic heterocycles. The number of hydrogen-bond donors (Lipinski definition) is 1. The fourth-order valence-corrected chi connectivity index (χ4v) is 3.06. The van der Waals surface area contributed by atoms with Gasteiger partial charge >= 0.3 is 0 Å². The molecule has 0 unspecified atom stereocenters. The number of para-hydroxylation sites is 1. The predicted molar refractivity (Wildman–Crippen MR) is 121 cm³/mol. The van der Waals surface area contributed by atoms with Gasteiger partial charge in [-0.05, 0) is 48.9 Å². The van der Waals surface area contributed by atoms with Crippen molar-refractivity contribution in [3.63, 3.8) is 0 Å². The Morgan fingerprint density at radius 2 is 1.77 bits per heavy atom. The third-order valence-corrected chi connectivity index (χ3v) is 4.75. The van der Waals surface area contributed by atoms with Gasteiger partial charge in [0.25, 0.3) is 11.2 Å². The van der Waals surface area contributed by atoms with Crippen LogP contribution in [0.4, 0.5) is 11.4 Å². The number of aromatic nitrogens is 2. The third-order valence-electron chi connectivity index (χ3n) is 4.75. The molecular weight excluding hydrogens is 394 g/mol. The molecule has 0 amide bonds. The summed E-state index contributed by atoms with van der Waals surface area (Å²) in [5.41, 5.74) is 2.98. The number of non-ortho nitro benzene ring substituents is 1. The lowest BCUT2D eigenvalue weighted by Crippen LogP contribution is -2.24. The highest BCUT2D eigenvalue weighted by atomic mass is 16.6. The molecule has 0 radical (unpaired) electrons. The summed E-state index contributed by atoms with van der Waals surface area (Å²) in [7, 11) is 0. The fraction of sp³-hybridized carbons (Fsp3) is 0.0870. The van der Waals surface area contributed by atoms with Gasteiger partial charge < -0.3 is 5.32 Å². The van der Waals surface area contributed by atoms with Crippen LogP contribution in [0.25, 0.3) is 10.9 Å². The monoisotopic (exact) mass is 413 g/mol. The summed E-state index contributed by atoms with van der Waals surface area (Å²) in [6.07, 6.45) is 1.48. The standard InChI is InChI=1S/C23H19N5O3/c1-16-6-10-18(11-7-16)24-15-22-26-21-5-3-2-4-20(21)23(29)27(22)25-14-17-8-12-19(13-9-17)28(30)31/h2-14,24H,15H2,1H3/b25-14+. The van der Waals surface area contributed by atoms with Crippen molar-refractivity contribution in [3.8, 4) is 0 Å². The van der Waals surface area contributed by atoms with Crippen molar-refractivity contribution < 1.29 is 4.92 Å². The van der Waals surface area contributed by atoms with Crippen molar-refractivity contribution >= 4 is 28.5 Å². The van der Waals surface area contributed by atoms with E-state index in [0.717, 1.165) is 11.3 Å². The second kappa shape index (κ2) is 8.58. The van der Waals surface area contributed by atoms with Gasteiger partial charge in [0.1, 0.15) is 0 Å². The molecule has 0 saturated heterocycles. The van der Waals surface area contributed by atoms with E-state index >= 15 is 0 Å². The molecule has 0 aliphatic rings. The Morgan fingerprint density at radius 1 is 1.06 bits per heavy atom. The molecule has 0 fully saturated rings. The van der Waals surface area contributed by atoms with Gasteiger partial charge in [-0.1, -0.05) is 29.8 Å². The van der Waals surface area contributed by atoms with Crippen molar-refractivity contribution in [2.24, 2.45) is 5.10 Å². The number of rotatable bonds is 6. The van der Waals surface area contributed by atoms with E-state index in [0.29, 0.717) is 28.8 Å². The molecule has 8 nitrogen and oxygen atoms in total. The lowest BCUT2D eigenvalue weighted by atomic mass is 10.2. The van der Waals surface area contributed by atoms with Crippen LogP contribution in [0.2, 0.25) is 0 Å². The first-order valence-electron chi connectivity index (χ1n) is 9.61. The van der Waals surface area contributed by atoms with E-state index in [2.05, 4.69) is 15.4 Å². The zero-order valence-corrected chi connectivity index (χ0v) is 16.7. The summed E-state index contributed by atoms with van der Waals surface area (Å²) in [4.78, 5) is 28.0. The molecule has 8 heteroatoms. The molecule has 0 spiro atoms. The minimum Gasteiger partial charge on any atom is -0.378 e. The normalized spacial score (nSPS) is 11.1. The van der Waals surface area contributed by atoms with E-state index in [1.54, 1.807) is 30.3 Å². The smallest absolute Gasteiger partial charge is 0.282 e. The fourth-order valence-electron chi connectivity index (χ4n) is 3.06. The first-order valence-corrected chi connectivity index (χ1v) is 9.61. The van der Waals surface area contributed by atoms with Crippen LogP contribution in [0.15, 0.2) is 82.7 Å². The largest absolute Gasteiger partial charge is 0.378 e. The van der Waals surface area contributed by atoms with Gasteiger partial charge in [-0.25, -0.2) is 4.98 Å². The molecule has 0 aliphatic heterocycles. The van der Waals surface area contributed by atoms with Gasteiger partial charge in [0.05, 0.1) is 28.6 Å². The van der Waals surface area contributed by atoms with E-state index < -0.39 is 4.92 Å². The highest BCUT2D eigenvalue weighted by Gasteiger charge is 2.10. The molecule has 1 N–H and O–H groups in total. The van der Waals surface area contributed by atoms with Crippen LogP contribution in [0.3, 0.4) is 0 Å². The van der Waals surface area contributed by atoms with Crippen molar-refractivity contribution in [3.05, 3.63) is 110 Å². The summed E-state index contributed by atoms with van der Waals surface area (Å²) in [6.45, 7) is 2.31. The molecule has 154 valence electrons. The quantitative estimate of drug-likeness (QED) is 0.291. The Bertz CT molecular complexity index is 1330. The predicted octanol–water partition coefficient (Wildman–Crippen LogP) is 4.11. The number of aryl methyl sites for hydroxylation is 1. The molecule has 0 saturated carbocycles. The van der Waals surface area contributed by atoms with Crippen LogP contribution in [-0.2, 0) is 6.54 Å². The third kappa shape index (κ3) is 4.48. The molecular formula is C23H19N5O3. The molecule has 4 aromatic rings. The van der Waals surface area contributed by atoms with Crippen LogP contribution in [-0.4, -0.2) is 20.8 Å². The van der Waals surface area contributed by atoms with E-state index in [1.807, 2.05) is 37.3 Å². The zero-order chi connectivity index (χ0) is 21.8. The molecule has 0 bridgehead atoms. The Hall–Kier alpha value is -4.33. The number of nitrogens with zero attached hydrogens (tertiary/aromatic N) is 4. The summed E-state index contributed by atoms with van der Waals surface area (Å²) in [5, 5.41) is 18.9. The van der Waals surface area contributed by atoms with E-state index in [1.165, 1.54) is 23.0 Å². The molecule has 0 aliphatic carbocycles. The number of nitro groups is 1. The van der Waals surface area contributed by atoms with E-state index in [4.69, 9.17) is 0 Å². The maximum Gasteiger partial charge on any atom is 0.282 e. The number of nitro benzene ring substituents is 1. The summed E-state index contributed by atoms with van der Waals surface area (Å²) < 4.78 is 1.25. The highest BCUT2D eigenvalue weighted by Crippen LogP contribution is 2.13. The number of hydrogen-bond acceptors (Lipinski definition) is 6. The first kappa shape index (κ1) is 20.0. The Balaban J connectivity index is 1.70. The average Bonchev–Trinajstić information content (AvgIpc) is 2.78. The van der Waals surface area contributed by atoms with Crippen LogP contribution >= 0.6 is 0 Å². The van der Waals surface area contributed by atoms with Gasteiger partial charge in [-0.3, -0.25) is 14.9 Å². The molecule has 0 atom stereocenters. The summed E-state index contributed by atoms with van der Waals surface area (Å²) >= 11 is 0. The van der Waals surface area contributed by atoms with E-state index in [9.17, 15) is 14.9 Å². The topological polar surface area (TPSA) is 102 Å². The van der Waals surface area contributed by atoms with Gasteiger partial charge in [0.15, 0.2) is 5.82 Å². The molecule has 3 aromatic carbocycles. The van der Waals surface area contributed by atoms with Crippen molar-refractivity contribution in [1.82, 2.24) is 9.66 Å². The Labute approximate surface area is 177 Å². The minimum atomic E-state index is -0.465. The number of fused-ring (bicyclic) bond motifs is 1. The first-order chi connectivity index (χ1) is 15.0. The van der Waals surface area contributed by atoms with Crippen LogP contribution < -0.4 is 10.9 Å². The SMILES string of the molecule is Cc1ccc(NCc2nc3ccccc3c(=O)n2/N=C/c2ccc([N+](=O)[O-])cc2)cc1. The van der Waals surface area contributed by atoms with Crippen LogP contribution in [0.5, 0.6) is 0 Å².